The highest BCUT2D eigenvalue weighted by Gasteiger charge is 2.30. The summed E-state index contributed by atoms with van der Waals surface area (Å²) in [5.74, 6) is -0.794. The average Bonchev–Trinajstić information content (AvgIpc) is 3.08. The fraction of sp³-hybridized carbons (Fsp3) is 0.833. The first-order chi connectivity index (χ1) is 8.13. The van der Waals surface area contributed by atoms with Crippen molar-refractivity contribution in [1.82, 2.24) is 10.2 Å². The number of carbonyl (C=O) groups is 2. The van der Waals surface area contributed by atoms with Crippen LogP contribution in [0.15, 0.2) is 0 Å². The van der Waals surface area contributed by atoms with Crippen molar-refractivity contribution in [3.8, 4) is 0 Å². The molecule has 1 aliphatic rings. The van der Waals surface area contributed by atoms with Crippen LogP contribution in [0.25, 0.3) is 0 Å². The van der Waals surface area contributed by atoms with E-state index < -0.39 is 5.97 Å². The third-order valence-electron chi connectivity index (χ3n) is 2.88. The lowest BCUT2D eigenvalue weighted by Crippen LogP contribution is -2.39. The largest absolute Gasteiger partial charge is 0.481 e. The molecule has 0 radical (unpaired) electrons. The molecular weight excluding hydrogens is 220 g/mol. The zero-order chi connectivity index (χ0) is 12.7. The Morgan fingerprint density at radius 1 is 1.41 bits per heavy atom. The number of rotatable bonds is 9. The molecule has 1 aliphatic carbocycles. The van der Waals surface area contributed by atoms with Gasteiger partial charge >= 0.3 is 5.97 Å². The number of carboxylic acids is 1. The van der Waals surface area contributed by atoms with E-state index in [1.807, 2.05) is 4.90 Å². The molecule has 0 bridgehead atoms. The summed E-state index contributed by atoms with van der Waals surface area (Å²) in [4.78, 5) is 24.1. The molecule has 0 aromatic heterocycles. The van der Waals surface area contributed by atoms with Crippen molar-refractivity contribution in [2.45, 2.75) is 45.1 Å². The molecule has 0 unspecified atom stereocenters. The fourth-order valence-electron chi connectivity index (χ4n) is 1.71. The number of hydrogen-bond acceptors (Lipinski definition) is 3. The van der Waals surface area contributed by atoms with Gasteiger partial charge in [-0.05, 0) is 19.3 Å². The Balaban J connectivity index is 2.23. The maximum Gasteiger partial charge on any atom is 0.304 e. The summed E-state index contributed by atoms with van der Waals surface area (Å²) < 4.78 is 0. The molecule has 0 aromatic rings. The summed E-state index contributed by atoms with van der Waals surface area (Å²) in [6, 6.07) is 0.422. The molecule has 5 heteroatoms. The summed E-state index contributed by atoms with van der Waals surface area (Å²) in [6.45, 7) is 3.60. The molecule has 98 valence electrons. The molecule has 1 rings (SSSR count). The van der Waals surface area contributed by atoms with Gasteiger partial charge in [0.05, 0.1) is 13.0 Å². The molecule has 2 N–H and O–H groups in total. The molecule has 0 saturated heterocycles. The van der Waals surface area contributed by atoms with Gasteiger partial charge in [0.1, 0.15) is 0 Å². The van der Waals surface area contributed by atoms with E-state index in [0.717, 1.165) is 25.7 Å². The van der Waals surface area contributed by atoms with Gasteiger partial charge in [0.25, 0.3) is 0 Å². The van der Waals surface area contributed by atoms with Crippen molar-refractivity contribution in [3.63, 3.8) is 0 Å². The van der Waals surface area contributed by atoms with Crippen LogP contribution in [-0.4, -0.2) is 47.6 Å². The van der Waals surface area contributed by atoms with Crippen molar-refractivity contribution < 1.29 is 14.7 Å². The van der Waals surface area contributed by atoms with Crippen LogP contribution in [-0.2, 0) is 9.59 Å². The number of carboxylic acid groups (broad SMARTS) is 1. The van der Waals surface area contributed by atoms with E-state index in [4.69, 9.17) is 5.11 Å². The maximum absolute atomic E-state index is 11.6. The van der Waals surface area contributed by atoms with Crippen LogP contribution in [0.5, 0.6) is 0 Å². The maximum atomic E-state index is 11.6. The third-order valence-corrected chi connectivity index (χ3v) is 2.88. The Morgan fingerprint density at radius 3 is 2.65 bits per heavy atom. The number of nitrogens with zero attached hydrogens (tertiary/aromatic N) is 1. The monoisotopic (exact) mass is 242 g/mol. The Bertz CT molecular complexity index is 264. The second-order valence-electron chi connectivity index (χ2n) is 4.55. The predicted octanol–water partition coefficient (Wildman–Crippen LogP) is 0.842. The van der Waals surface area contributed by atoms with E-state index in [-0.39, 0.29) is 12.3 Å². The van der Waals surface area contributed by atoms with E-state index in [1.165, 1.54) is 0 Å². The second-order valence-corrected chi connectivity index (χ2v) is 4.55. The summed E-state index contributed by atoms with van der Waals surface area (Å²) in [7, 11) is 0. The number of hydrogen-bond donors (Lipinski definition) is 2. The van der Waals surface area contributed by atoms with Gasteiger partial charge in [-0.2, -0.15) is 0 Å². The van der Waals surface area contributed by atoms with Crippen LogP contribution < -0.4 is 5.32 Å². The van der Waals surface area contributed by atoms with E-state index in [0.29, 0.717) is 25.7 Å². The van der Waals surface area contributed by atoms with Crippen LogP contribution in [0, 0.1) is 0 Å². The zero-order valence-corrected chi connectivity index (χ0v) is 10.4. The highest BCUT2D eigenvalue weighted by molar-refractivity contribution is 5.78. The van der Waals surface area contributed by atoms with Crippen molar-refractivity contribution in [2.24, 2.45) is 0 Å². The Labute approximate surface area is 102 Å². The molecule has 0 atom stereocenters. The lowest BCUT2D eigenvalue weighted by molar-refractivity contribution is -0.137. The first-order valence-electron chi connectivity index (χ1n) is 6.36. The highest BCUT2D eigenvalue weighted by atomic mass is 16.4. The minimum atomic E-state index is -0.804. The lowest BCUT2D eigenvalue weighted by Gasteiger charge is -2.20. The van der Waals surface area contributed by atoms with Gasteiger partial charge in [0, 0.05) is 19.1 Å². The Hall–Kier alpha value is -1.10. The number of unbranched alkanes of at least 4 members (excludes halogenated alkanes) is 1. The van der Waals surface area contributed by atoms with Crippen molar-refractivity contribution in [1.29, 1.82) is 0 Å². The first kappa shape index (κ1) is 14.0. The normalized spacial score (nSPS) is 14.9. The quantitative estimate of drug-likeness (QED) is 0.588. The summed E-state index contributed by atoms with van der Waals surface area (Å²) in [6.07, 6.45) is 4.33. The molecule has 0 aliphatic heterocycles. The molecule has 5 nitrogen and oxygen atoms in total. The van der Waals surface area contributed by atoms with Gasteiger partial charge in [0.2, 0.25) is 5.91 Å². The Kier molecular flexibility index (Phi) is 5.97. The predicted molar refractivity (Wildman–Crippen MR) is 64.8 cm³/mol. The topological polar surface area (TPSA) is 69.6 Å². The van der Waals surface area contributed by atoms with Crippen LogP contribution in [0.4, 0.5) is 0 Å². The molecule has 1 amide bonds. The van der Waals surface area contributed by atoms with Gasteiger partial charge in [-0.1, -0.05) is 13.3 Å². The van der Waals surface area contributed by atoms with Gasteiger partial charge in [-0.25, -0.2) is 0 Å². The summed E-state index contributed by atoms with van der Waals surface area (Å²) in [5.41, 5.74) is 0. The van der Waals surface area contributed by atoms with E-state index in [9.17, 15) is 9.59 Å². The van der Waals surface area contributed by atoms with Gasteiger partial charge in [0.15, 0.2) is 0 Å². The van der Waals surface area contributed by atoms with Crippen LogP contribution in [0.2, 0.25) is 0 Å². The average molecular weight is 242 g/mol. The van der Waals surface area contributed by atoms with Crippen LogP contribution in [0.3, 0.4) is 0 Å². The number of carbonyl (C=O) groups excluding carboxylic acids is 1. The Morgan fingerprint density at radius 2 is 2.12 bits per heavy atom. The molecule has 1 fully saturated rings. The van der Waals surface area contributed by atoms with Crippen molar-refractivity contribution in [3.05, 3.63) is 0 Å². The van der Waals surface area contributed by atoms with Crippen molar-refractivity contribution >= 4 is 11.9 Å². The minimum Gasteiger partial charge on any atom is -0.481 e. The molecule has 17 heavy (non-hydrogen) atoms. The van der Waals surface area contributed by atoms with Gasteiger partial charge in [-0.15, -0.1) is 0 Å². The van der Waals surface area contributed by atoms with E-state index in [2.05, 4.69) is 12.2 Å². The highest BCUT2D eigenvalue weighted by Crippen LogP contribution is 2.26. The summed E-state index contributed by atoms with van der Waals surface area (Å²) in [5, 5.41) is 11.5. The first-order valence-corrected chi connectivity index (χ1v) is 6.36. The summed E-state index contributed by atoms with van der Waals surface area (Å²) >= 11 is 0. The van der Waals surface area contributed by atoms with Crippen molar-refractivity contribution in [2.75, 3.05) is 19.6 Å². The molecule has 0 aromatic carbocycles. The number of nitrogens with one attached hydrogen (secondary N) is 1. The zero-order valence-electron chi connectivity index (χ0n) is 10.4. The van der Waals surface area contributed by atoms with Gasteiger partial charge < -0.3 is 10.4 Å². The minimum absolute atomic E-state index is 0.00994. The molecule has 0 heterocycles. The lowest BCUT2D eigenvalue weighted by atomic mass is 10.3. The third kappa shape index (κ3) is 6.26. The number of aliphatic carboxylic acids is 1. The standard InChI is InChI=1S/C12H22N2O3/c1-2-3-7-13-11(15)9-14(10-4-5-10)8-6-12(16)17/h10H,2-9H2,1H3,(H,13,15)(H,16,17). The van der Waals surface area contributed by atoms with Crippen LogP contribution >= 0.6 is 0 Å². The SMILES string of the molecule is CCCCNC(=O)CN(CCC(=O)O)C1CC1. The van der Waals surface area contributed by atoms with E-state index >= 15 is 0 Å². The molecule has 0 spiro atoms. The smallest absolute Gasteiger partial charge is 0.304 e. The van der Waals surface area contributed by atoms with Gasteiger partial charge in [-0.3, -0.25) is 14.5 Å². The number of amides is 1. The second kappa shape index (κ2) is 7.27. The van der Waals surface area contributed by atoms with Crippen LogP contribution in [0.1, 0.15) is 39.0 Å². The molecule has 1 saturated carbocycles. The molecular formula is C12H22N2O3. The fourth-order valence-corrected chi connectivity index (χ4v) is 1.71. The van der Waals surface area contributed by atoms with E-state index in [1.54, 1.807) is 0 Å².